The molecule has 9 nitrogen and oxygen atoms in total. The predicted molar refractivity (Wildman–Crippen MR) is 139 cm³/mol. The maximum absolute atomic E-state index is 13.2. The molecule has 0 unspecified atom stereocenters. The number of benzene rings is 2. The molecular weight excluding hydrogens is 470 g/mol. The van der Waals surface area contributed by atoms with Crippen molar-refractivity contribution < 1.29 is 18.8 Å². The zero-order valence-electron chi connectivity index (χ0n) is 21.1. The lowest BCUT2D eigenvalue weighted by Gasteiger charge is -2.33. The maximum atomic E-state index is 13.2. The number of ether oxygens (including phenoxy) is 1. The average Bonchev–Trinajstić information content (AvgIpc) is 3.59. The van der Waals surface area contributed by atoms with E-state index in [9.17, 15) is 9.59 Å². The van der Waals surface area contributed by atoms with E-state index in [1.165, 1.54) is 5.56 Å². The standard InChI is InChI=1S/C28H33N5O4/c1-31(19-24-11-15-37-30-24)17-21-7-9-26(10-8-21)36-20-22-4-3-13-32(18-22)27(34)23-5-2-6-25(16-23)33-14-12-29-28(33)35/h2,5-11,15-16,22H,3-4,12-14,17-20H2,1H3,(H,29,35)/t22-/m0/s1. The Morgan fingerprint density at radius 1 is 1.16 bits per heavy atom. The molecule has 0 radical (unpaired) electrons. The molecule has 2 fully saturated rings. The minimum Gasteiger partial charge on any atom is -0.493 e. The summed E-state index contributed by atoms with van der Waals surface area (Å²) in [6.07, 6.45) is 3.57. The number of carbonyl (C=O) groups excluding carboxylic acids is 2. The van der Waals surface area contributed by atoms with Gasteiger partial charge in [0.25, 0.3) is 5.91 Å². The fourth-order valence-electron chi connectivity index (χ4n) is 4.96. The zero-order chi connectivity index (χ0) is 25.6. The number of carbonyl (C=O) groups is 2. The van der Waals surface area contributed by atoms with Crippen LogP contribution in [0.25, 0.3) is 0 Å². The summed E-state index contributed by atoms with van der Waals surface area (Å²) in [5.41, 5.74) is 3.48. The van der Waals surface area contributed by atoms with Crippen molar-refractivity contribution in [2.75, 3.05) is 44.7 Å². The highest BCUT2D eigenvalue weighted by atomic mass is 16.5. The summed E-state index contributed by atoms with van der Waals surface area (Å²) in [6, 6.07) is 17.3. The van der Waals surface area contributed by atoms with Gasteiger partial charge in [0.15, 0.2) is 0 Å². The first-order valence-electron chi connectivity index (χ1n) is 12.8. The third kappa shape index (κ3) is 6.29. The molecule has 9 heteroatoms. The number of hydrogen-bond acceptors (Lipinski definition) is 6. The SMILES string of the molecule is CN(Cc1ccc(OC[C@H]2CCCN(C(=O)c3cccc(N4CCNC4=O)c3)C2)cc1)Cc1ccon1. The van der Waals surface area contributed by atoms with Gasteiger partial charge < -0.3 is 19.5 Å². The number of piperidine rings is 1. The highest BCUT2D eigenvalue weighted by Gasteiger charge is 2.26. The van der Waals surface area contributed by atoms with E-state index in [0.717, 1.165) is 49.6 Å². The van der Waals surface area contributed by atoms with Gasteiger partial charge in [0, 0.05) is 62.5 Å². The van der Waals surface area contributed by atoms with Gasteiger partial charge >= 0.3 is 6.03 Å². The van der Waals surface area contributed by atoms with Crippen LogP contribution in [0.3, 0.4) is 0 Å². The first kappa shape index (κ1) is 24.8. The number of nitrogens with one attached hydrogen (secondary N) is 1. The van der Waals surface area contributed by atoms with Crippen LogP contribution in [0.2, 0.25) is 0 Å². The molecule has 1 atom stereocenters. The number of aromatic nitrogens is 1. The predicted octanol–water partition coefficient (Wildman–Crippen LogP) is 3.77. The van der Waals surface area contributed by atoms with Crippen LogP contribution in [0.1, 0.15) is 34.5 Å². The van der Waals surface area contributed by atoms with Crippen LogP contribution >= 0.6 is 0 Å². The van der Waals surface area contributed by atoms with E-state index in [0.29, 0.717) is 31.8 Å². The summed E-state index contributed by atoms with van der Waals surface area (Å²) in [5.74, 6) is 1.12. The lowest BCUT2D eigenvalue weighted by molar-refractivity contribution is 0.0633. The van der Waals surface area contributed by atoms with Crippen LogP contribution in [0, 0.1) is 5.92 Å². The third-order valence-electron chi connectivity index (χ3n) is 6.85. The second-order valence-electron chi connectivity index (χ2n) is 9.81. The lowest BCUT2D eigenvalue weighted by Crippen LogP contribution is -2.41. The summed E-state index contributed by atoms with van der Waals surface area (Å²) in [4.78, 5) is 31.0. The average molecular weight is 504 g/mol. The maximum Gasteiger partial charge on any atom is 0.321 e. The fourth-order valence-corrected chi connectivity index (χ4v) is 4.96. The highest BCUT2D eigenvalue weighted by molar-refractivity contribution is 5.98. The second-order valence-corrected chi connectivity index (χ2v) is 9.81. The number of urea groups is 1. The molecular formula is C28H33N5O4. The van der Waals surface area contributed by atoms with Gasteiger partial charge in [0.1, 0.15) is 12.0 Å². The molecule has 5 rings (SSSR count). The summed E-state index contributed by atoms with van der Waals surface area (Å²) < 4.78 is 11.0. The zero-order valence-corrected chi connectivity index (χ0v) is 21.1. The normalized spacial score (nSPS) is 17.8. The summed E-state index contributed by atoms with van der Waals surface area (Å²) in [7, 11) is 2.05. The van der Waals surface area contributed by atoms with Crippen molar-refractivity contribution in [3.05, 3.63) is 77.7 Å². The van der Waals surface area contributed by atoms with Crippen molar-refractivity contribution in [2.24, 2.45) is 5.92 Å². The quantitative estimate of drug-likeness (QED) is 0.478. The Balaban J connectivity index is 1.12. The molecule has 3 aromatic rings. The van der Waals surface area contributed by atoms with Gasteiger partial charge in [-0.05, 0) is 55.8 Å². The summed E-state index contributed by atoms with van der Waals surface area (Å²) in [5, 5.41) is 6.76. The molecule has 37 heavy (non-hydrogen) atoms. The van der Waals surface area contributed by atoms with Crippen molar-refractivity contribution >= 4 is 17.6 Å². The molecule has 194 valence electrons. The second kappa shape index (κ2) is 11.5. The highest BCUT2D eigenvalue weighted by Crippen LogP contribution is 2.23. The van der Waals surface area contributed by atoms with Gasteiger partial charge in [-0.3, -0.25) is 14.6 Å². The Hall–Kier alpha value is -3.85. The fraction of sp³-hybridized carbons (Fsp3) is 0.393. The van der Waals surface area contributed by atoms with Gasteiger partial charge in [0.2, 0.25) is 0 Å². The summed E-state index contributed by atoms with van der Waals surface area (Å²) in [6.45, 7) is 4.73. The molecule has 1 aromatic heterocycles. The number of amides is 3. The number of anilines is 1. The van der Waals surface area contributed by atoms with Gasteiger partial charge in [-0.1, -0.05) is 23.4 Å². The van der Waals surface area contributed by atoms with Crippen LogP contribution in [0.4, 0.5) is 10.5 Å². The van der Waals surface area contributed by atoms with E-state index >= 15 is 0 Å². The molecule has 0 spiro atoms. The van der Waals surface area contributed by atoms with E-state index < -0.39 is 0 Å². The Kier molecular flexibility index (Phi) is 7.70. The number of likely N-dealkylation sites (tertiary alicyclic amines) is 1. The molecule has 0 saturated carbocycles. The molecule has 2 aliphatic rings. The van der Waals surface area contributed by atoms with E-state index in [1.54, 1.807) is 11.2 Å². The molecule has 2 saturated heterocycles. The summed E-state index contributed by atoms with van der Waals surface area (Å²) >= 11 is 0. The van der Waals surface area contributed by atoms with E-state index in [1.807, 2.05) is 47.4 Å². The minimum absolute atomic E-state index is 0.00486. The van der Waals surface area contributed by atoms with Gasteiger partial charge in [-0.15, -0.1) is 0 Å². The van der Waals surface area contributed by atoms with Crippen molar-refractivity contribution in [3.8, 4) is 5.75 Å². The van der Waals surface area contributed by atoms with Crippen molar-refractivity contribution in [1.29, 1.82) is 0 Å². The molecule has 2 aromatic carbocycles. The smallest absolute Gasteiger partial charge is 0.321 e. The molecule has 2 aliphatic heterocycles. The van der Waals surface area contributed by atoms with Gasteiger partial charge in [-0.2, -0.15) is 0 Å². The van der Waals surface area contributed by atoms with Crippen molar-refractivity contribution in [3.63, 3.8) is 0 Å². The molecule has 0 aliphatic carbocycles. The Morgan fingerprint density at radius 3 is 2.78 bits per heavy atom. The third-order valence-corrected chi connectivity index (χ3v) is 6.85. The monoisotopic (exact) mass is 503 g/mol. The van der Waals surface area contributed by atoms with Crippen molar-refractivity contribution in [1.82, 2.24) is 20.3 Å². The van der Waals surface area contributed by atoms with E-state index in [4.69, 9.17) is 9.26 Å². The van der Waals surface area contributed by atoms with Crippen LogP contribution < -0.4 is 15.0 Å². The first-order valence-corrected chi connectivity index (χ1v) is 12.8. The number of hydrogen-bond donors (Lipinski definition) is 1. The topological polar surface area (TPSA) is 91.2 Å². The molecule has 3 amide bonds. The van der Waals surface area contributed by atoms with Crippen molar-refractivity contribution in [2.45, 2.75) is 25.9 Å². The Labute approximate surface area is 217 Å². The number of rotatable bonds is 9. The van der Waals surface area contributed by atoms with E-state index in [-0.39, 0.29) is 17.9 Å². The minimum atomic E-state index is -0.119. The van der Waals surface area contributed by atoms with Gasteiger partial charge in [-0.25, -0.2) is 4.79 Å². The number of nitrogens with zero attached hydrogens (tertiary/aromatic N) is 4. The van der Waals surface area contributed by atoms with Crippen LogP contribution in [-0.2, 0) is 13.1 Å². The van der Waals surface area contributed by atoms with Gasteiger partial charge in [0.05, 0.1) is 12.3 Å². The van der Waals surface area contributed by atoms with Crippen LogP contribution in [-0.4, -0.2) is 66.7 Å². The molecule has 0 bridgehead atoms. The first-order chi connectivity index (χ1) is 18.0. The Morgan fingerprint density at radius 2 is 2.03 bits per heavy atom. The molecule has 1 N–H and O–H groups in total. The Bertz CT molecular complexity index is 1200. The molecule has 3 heterocycles. The van der Waals surface area contributed by atoms with Crippen LogP contribution in [0.5, 0.6) is 5.75 Å². The van der Waals surface area contributed by atoms with E-state index in [2.05, 4.69) is 34.6 Å². The largest absolute Gasteiger partial charge is 0.493 e. The lowest BCUT2D eigenvalue weighted by atomic mass is 9.98. The van der Waals surface area contributed by atoms with Crippen LogP contribution in [0.15, 0.2) is 65.4 Å².